The number of amides is 1. The summed E-state index contributed by atoms with van der Waals surface area (Å²) in [6.07, 6.45) is 6.00. The lowest BCUT2D eigenvalue weighted by molar-refractivity contribution is 0.0945. The number of halogens is 1. The zero-order chi connectivity index (χ0) is 10.6. The van der Waals surface area contributed by atoms with E-state index >= 15 is 0 Å². The van der Waals surface area contributed by atoms with Crippen molar-refractivity contribution >= 4 is 39.8 Å². The predicted molar refractivity (Wildman–Crippen MR) is 67.4 cm³/mol. The molecule has 0 saturated carbocycles. The number of nitrogens with one attached hydrogen (secondary N) is 1. The lowest BCUT2D eigenvalue weighted by Crippen LogP contribution is -2.32. The van der Waals surface area contributed by atoms with E-state index in [4.69, 9.17) is 6.42 Å². The molecule has 0 radical (unpaired) electrons. The molecule has 1 rings (SSSR count). The Morgan fingerprint density at radius 1 is 1.86 bits per heavy atom. The average Bonchev–Trinajstić information content (AvgIpc) is 2.61. The molecule has 74 valence electrons. The fraction of sp³-hybridized carbons (Fsp3) is 0.300. The Hall–Kier alpha value is -0.540. The van der Waals surface area contributed by atoms with Crippen molar-refractivity contribution in [3.05, 3.63) is 19.9 Å². The van der Waals surface area contributed by atoms with Gasteiger partial charge >= 0.3 is 0 Å². The van der Waals surface area contributed by atoms with Crippen molar-refractivity contribution in [1.82, 2.24) is 5.32 Å². The van der Waals surface area contributed by atoms with Crippen LogP contribution in [0, 0.1) is 15.2 Å². The minimum absolute atomic E-state index is 0.0889. The van der Waals surface area contributed by atoms with Crippen LogP contribution in [-0.4, -0.2) is 11.9 Å². The molecule has 0 aliphatic rings. The molecule has 1 aromatic heterocycles. The van der Waals surface area contributed by atoms with Gasteiger partial charge in [-0.2, -0.15) is 0 Å². The zero-order valence-corrected chi connectivity index (χ0v) is 10.7. The van der Waals surface area contributed by atoms with E-state index in [1.165, 1.54) is 0 Å². The third kappa shape index (κ3) is 3.00. The second-order valence-electron chi connectivity index (χ2n) is 2.74. The number of carbonyl (C=O) groups is 1. The summed E-state index contributed by atoms with van der Waals surface area (Å²) in [4.78, 5) is 11.6. The Balaban J connectivity index is 2.64. The number of terminal acetylenes is 1. The van der Waals surface area contributed by atoms with Crippen molar-refractivity contribution < 1.29 is 4.79 Å². The van der Waals surface area contributed by atoms with E-state index in [2.05, 4.69) is 33.8 Å². The van der Waals surface area contributed by atoms with Crippen molar-refractivity contribution in [2.45, 2.75) is 19.4 Å². The van der Waals surface area contributed by atoms with Gasteiger partial charge in [-0.15, -0.1) is 17.8 Å². The Morgan fingerprint density at radius 3 is 3.00 bits per heavy atom. The second kappa shape index (κ2) is 5.37. The molecule has 1 N–H and O–H groups in total. The molecule has 0 aliphatic heterocycles. The second-order valence-corrected chi connectivity index (χ2v) is 5.55. The number of carbonyl (C=O) groups excluding carboxylic acids is 1. The first-order valence-corrected chi connectivity index (χ1v) is 6.14. The van der Waals surface area contributed by atoms with Gasteiger partial charge in [-0.05, 0) is 35.1 Å². The highest BCUT2D eigenvalue weighted by Crippen LogP contribution is 2.16. The average molecular weight is 319 g/mol. The first-order chi connectivity index (χ1) is 6.67. The molecule has 0 aliphatic carbocycles. The summed E-state index contributed by atoms with van der Waals surface area (Å²) in [5.74, 6) is 2.44. The van der Waals surface area contributed by atoms with Gasteiger partial charge in [0.25, 0.3) is 5.91 Å². The zero-order valence-electron chi connectivity index (χ0n) is 7.71. The minimum Gasteiger partial charge on any atom is -0.338 e. The molecular formula is C10H10INOS. The molecule has 0 bridgehead atoms. The van der Waals surface area contributed by atoms with Gasteiger partial charge in [0.2, 0.25) is 0 Å². The van der Waals surface area contributed by atoms with Crippen LogP contribution in [0.2, 0.25) is 0 Å². The van der Waals surface area contributed by atoms with Crippen molar-refractivity contribution in [1.29, 1.82) is 0 Å². The van der Waals surface area contributed by atoms with Gasteiger partial charge in [-0.3, -0.25) is 4.79 Å². The number of rotatable bonds is 3. The number of hydrogen-bond donors (Lipinski definition) is 1. The third-order valence-electron chi connectivity index (χ3n) is 1.74. The highest BCUT2D eigenvalue weighted by atomic mass is 127. The van der Waals surface area contributed by atoms with Crippen LogP contribution < -0.4 is 5.32 Å². The van der Waals surface area contributed by atoms with E-state index in [1.54, 1.807) is 11.3 Å². The molecular weight excluding hydrogens is 309 g/mol. The molecule has 0 saturated heterocycles. The van der Waals surface area contributed by atoms with Gasteiger partial charge in [0.05, 0.1) is 14.5 Å². The standard InChI is InChI=1S/C10H10INOS/c1-3-8(4-2)12-10(13)7-5-9(11)14-6-7/h1,5-6,8H,4H2,2H3,(H,12,13). The summed E-state index contributed by atoms with van der Waals surface area (Å²) in [6, 6.07) is 1.68. The summed E-state index contributed by atoms with van der Waals surface area (Å²) in [6.45, 7) is 1.95. The van der Waals surface area contributed by atoms with Crippen LogP contribution >= 0.6 is 33.9 Å². The van der Waals surface area contributed by atoms with Crippen molar-refractivity contribution in [3.63, 3.8) is 0 Å². The third-order valence-corrected chi connectivity index (χ3v) is 3.53. The van der Waals surface area contributed by atoms with Crippen molar-refractivity contribution in [2.24, 2.45) is 0 Å². The normalized spacial score (nSPS) is 11.8. The monoisotopic (exact) mass is 319 g/mol. The van der Waals surface area contributed by atoms with Crippen LogP contribution in [0.15, 0.2) is 11.4 Å². The SMILES string of the molecule is C#CC(CC)NC(=O)c1csc(I)c1. The molecule has 0 aromatic carbocycles. The molecule has 0 spiro atoms. The molecule has 2 nitrogen and oxygen atoms in total. The van der Waals surface area contributed by atoms with Gasteiger partial charge in [-0.25, -0.2) is 0 Å². The van der Waals surface area contributed by atoms with Crippen LogP contribution in [0.3, 0.4) is 0 Å². The van der Waals surface area contributed by atoms with Crippen LogP contribution in [0.25, 0.3) is 0 Å². The van der Waals surface area contributed by atoms with E-state index in [1.807, 2.05) is 18.4 Å². The molecule has 1 unspecified atom stereocenters. The number of hydrogen-bond acceptors (Lipinski definition) is 2. The first kappa shape index (κ1) is 11.5. The van der Waals surface area contributed by atoms with Crippen LogP contribution in [0.4, 0.5) is 0 Å². The summed E-state index contributed by atoms with van der Waals surface area (Å²) in [5.41, 5.74) is 0.688. The maximum Gasteiger partial charge on any atom is 0.253 e. The Bertz CT molecular complexity index is 366. The topological polar surface area (TPSA) is 29.1 Å². The Labute approximate surface area is 101 Å². The smallest absolute Gasteiger partial charge is 0.253 e. The largest absolute Gasteiger partial charge is 0.338 e. The molecule has 14 heavy (non-hydrogen) atoms. The highest BCUT2D eigenvalue weighted by Gasteiger charge is 2.10. The summed E-state index contributed by atoms with van der Waals surface area (Å²) >= 11 is 3.73. The van der Waals surface area contributed by atoms with Crippen LogP contribution in [-0.2, 0) is 0 Å². The van der Waals surface area contributed by atoms with E-state index < -0.39 is 0 Å². The van der Waals surface area contributed by atoms with E-state index in [0.717, 1.165) is 9.30 Å². The molecule has 1 atom stereocenters. The van der Waals surface area contributed by atoms with Crippen LogP contribution in [0.5, 0.6) is 0 Å². The molecule has 1 aromatic rings. The van der Waals surface area contributed by atoms with Crippen LogP contribution in [0.1, 0.15) is 23.7 Å². The summed E-state index contributed by atoms with van der Waals surface area (Å²) < 4.78 is 1.10. The van der Waals surface area contributed by atoms with Gasteiger partial charge < -0.3 is 5.32 Å². The molecule has 1 amide bonds. The van der Waals surface area contributed by atoms with Crippen molar-refractivity contribution in [2.75, 3.05) is 0 Å². The molecule has 1 heterocycles. The van der Waals surface area contributed by atoms with Crippen molar-refractivity contribution in [3.8, 4) is 12.3 Å². The first-order valence-electron chi connectivity index (χ1n) is 4.18. The fourth-order valence-electron chi connectivity index (χ4n) is 0.932. The Morgan fingerprint density at radius 2 is 2.57 bits per heavy atom. The van der Waals surface area contributed by atoms with Gasteiger partial charge in [0.15, 0.2) is 0 Å². The summed E-state index contributed by atoms with van der Waals surface area (Å²) in [7, 11) is 0. The quantitative estimate of drug-likeness (QED) is 0.673. The molecule has 4 heteroatoms. The fourth-order valence-corrected chi connectivity index (χ4v) is 2.26. The predicted octanol–water partition coefficient (Wildman–Crippen LogP) is 2.49. The molecule has 0 fully saturated rings. The minimum atomic E-state index is -0.167. The Kier molecular flexibility index (Phi) is 4.42. The lowest BCUT2D eigenvalue weighted by atomic mass is 10.2. The van der Waals surface area contributed by atoms with Gasteiger partial charge in [-0.1, -0.05) is 12.8 Å². The maximum atomic E-state index is 11.6. The lowest BCUT2D eigenvalue weighted by Gasteiger charge is -2.08. The highest BCUT2D eigenvalue weighted by molar-refractivity contribution is 14.1. The van der Waals surface area contributed by atoms with Gasteiger partial charge in [0, 0.05) is 5.38 Å². The van der Waals surface area contributed by atoms with Gasteiger partial charge in [0.1, 0.15) is 0 Å². The van der Waals surface area contributed by atoms with E-state index in [-0.39, 0.29) is 11.9 Å². The number of thiophene rings is 1. The van der Waals surface area contributed by atoms with E-state index in [0.29, 0.717) is 5.56 Å². The van der Waals surface area contributed by atoms with E-state index in [9.17, 15) is 4.79 Å². The maximum absolute atomic E-state index is 11.6. The summed E-state index contributed by atoms with van der Waals surface area (Å²) in [5, 5.41) is 4.61.